The van der Waals surface area contributed by atoms with Crippen molar-refractivity contribution in [2.75, 3.05) is 6.54 Å². The zero-order valence-corrected chi connectivity index (χ0v) is 11.4. The molecular formula is C12H15N3O2S. The molecule has 0 spiro atoms. The Labute approximate surface area is 108 Å². The van der Waals surface area contributed by atoms with Crippen LogP contribution in [0.5, 0.6) is 0 Å². The van der Waals surface area contributed by atoms with E-state index in [1.165, 1.54) is 21.9 Å². The van der Waals surface area contributed by atoms with Crippen molar-refractivity contribution < 1.29 is 4.79 Å². The maximum Gasteiger partial charge on any atom is 0.271 e. The largest absolute Gasteiger partial charge is 0.351 e. The van der Waals surface area contributed by atoms with E-state index in [1.807, 2.05) is 20.8 Å². The lowest BCUT2D eigenvalue weighted by atomic mass is 9.97. The summed E-state index contributed by atoms with van der Waals surface area (Å²) in [5, 5.41) is 4.51. The van der Waals surface area contributed by atoms with Gasteiger partial charge in [0.05, 0.1) is 0 Å². The average molecular weight is 265 g/mol. The van der Waals surface area contributed by atoms with Gasteiger partial charge in [0.2, 0.25) is 0 Å². The first-order valence-electron chi connectivity index (χ1n) is 5.61. The third kappa shape index (κ3) is 2.59. The normalized spacial score (nSPS) is 11.7. The van der Waals surface area contributed by atoms with Crippen LogP contribution in [0.4, 0.5) is 0 Å². The number of nitrogens with zero attached hydrogens (tertiary/aromatic N) is 2. The van der Waals surface area contributed by atoms with E-state index in [1.54, 1.807) is 11.6 Å². The fourth-order valence-corrected chi connectivity index (χ4v) is 2.10. The summed E-state index contributed by atoms with van der Waals surface area (Å²) >= 11 is 1.36. The van der Waals surface area contributed by atoms with Crippen LogP contribution in [0.2, 0.25) is 0 Å². The van der Waals surface area contributed by atoms with Crippen molar-refractivity contribution in [2.24, 2.45) is 5.41 Å². The fourth-order valence-electron chi connectivity index (χ4n) is 1.42. The van der Waals surface area contributed by atoms with E-state index in [0.717, 1.165) is 0 Å². The summed E-state index contributed by atoms with van der Waals surface area (Å²) < 4.78 is 1.39. The Bertz CT molecular complexity index is 637. The zero-order chi connectivity index (χ0) is 13.3. The van der Waals surface area contributed by atoms with E-state index in [9.17, 15) is 9.59 Å². The summed E-state index contributed by atoms with van der Waals surface area (Å²) in [5.74, 6) is -0.372. The Balaban J connectivity index is 2.28. The summed E-state index contributed by atoms with van der Waals surface area (Å²) in [4.78, 5) is 28.6. The Morgan fingerprint density at radius 1 is 1.50 bits per heavy atom. The number of rotatable bonds is 2. The van der Waals surface area contributed by atoms with Crippen LogP contribution in [0.25, 0.3) is 4.96 Å². The monoisotopic (exact) mass is 265 g/mol. The average Bonchev–Trinajstić information content (AvgIpc) is 2.74. The first kappa shape index (κ1) is 12.8. The second-order valence-corrected chi connectivity index (χ2v) is 6.15. The first-order chi connectivity index (χ1) is 8.38. The van der Waals surface area contributed by atoms with Crippen LogP contribution >= 0.6 is 11.3 Å². The zero-order valence-electron chi connectivity index (χ0n) is 10.6. The van der Waals surface area contributed by atoms with Crippen LogP contribution in [0.15, 0.2) is 22.6 Å². The van der Waals surface area contributed by atoms with Gasteiger partial charge in [0.25, 0.3) is 11.5 Å². The van der Waals surface area contributed by atoms with Gasteiger partial charge in [-0.15, -0.1) is 11.3 Å². The predicted molar refractivity (Wildman–Crippen MR) is 71.1 cm³/mol. The van der Waals surface area contributed by atoms with Crippen LogP contribution in [-0.4, -0.2) is 21.8 Å². The molecule has 0 aliphatic carbocycles. The molecule has 2 rings (SSSR count). The molecule has 0 unspecified atom stereocenters. The van der Waals surface area contributed by atoms with Gasteiger partial charge in [-0.3, -0.25) is 14.0 Å². The van der Waals surface area contributed by atoms with Crippen molar-refractivity contribution in [3.05, 3.63) is 33.7 Å². The minimum Gasteiger partial charge on any atom is -0.351 e. The molecule has 6 heteroatoms. The van der Waals surface area contributed by atoms with E-state index in [2.05, 4.69) is 10.3 Å². The third-order valence-corrected chi connectivity index (χ3v) is 3.14. The summed E-state index contributed by atoms with van der Waals surface area (Å²) in [6.45, 7) is 6.55. The van der Waals surface area contributed by atoms with Gasteiger partial charge in [0, 0.05) is 24.3 Å². The van der Waals surface area contributed by atoms with Gasteiger partial charge in [-0.05, 0) is 5.41 Å². The van der Waals surface area contributed by atoms with Gasteiger partial charge in [-0.2, -0.15) is 0 Å². The number of thiazole rings is 1. The molecule has 0 atom stereocenters. The lowest BCUT2D eigenvalue weighted by molar-refractivity contribution is 0.0937. The Morgan fingerprint density at radius 3 is 2.89 bits per heavy atom. The molecule has 0 fully saturated rings. The SMILES string of the molecule is CC(C)(C)CNC(=O)c1cnc2sccn2c1=O. The molecule has 2 heterocycles. The van der Waals surface area contributed by atoms with E-state index < -0.39 is 0 Å². The second-order valence-electron chi connectivity index (χ2n) is 5.28. The molecule has 2 aromatic heterocycles. The lowest BCUT2D eigenvalue weighted by Crippen LogP contribution is -2.36. The van der Waals surface area contributed by atoms with Crippen molar-refractivity contribution in [1.82, 2.24) is 14.7 Å². The number of hydrogen-bond donors (Lipinski definition) is 1. The molecule has 0 aromatic carbocycles. The van der Waals surface area contributed by atoms with Gasteiger partial charge in [0.1, 0.15) is 5.56 Å². The van der Waals surface area contributed by atoms with Crippen molar-refractivity contribution in [3.8, 4) is 0 Å². The molecule has 0 radical (unpaired) electrons. The van der Waals surface area contributed by atoms with Crippen LogP contribution in [-0.2, 0) is 0 Å². The number of carbonyl (C=O) groups is 1. The molecule has 5 nitrogen and oxygen atoms in total. The molecule has 1 amide bonds. The number of hydrogen-bond acceptors (Lipinski definition) is 4. The molecule has 96 valence electrons. The van der Waals surface area contributed by atoms with Gasteiger partial charge in [-0.25, -0.2) is 4.98 Å². The van der Waals surface area contributed by atoms with Gasteiger partial charge in [0.15, 0.2) is 4.96 Å². The number of fused-ring (bicyclic) bond motifs is 1. The maximum atomic E-state index is 12.0. The van der Waals surface area contributed by atoms with E-state index in [4.69, 9.17) is 0 Å². The Kier molecular flexibility index (Phi) is 3.21. The quantitative estimate of drug-likeness (QED) is 0.895. The summed E-state index contributed by atoms with van der Waals surface area (Å²) in [6.07, 6.45) is 2.96. The maximum absolute atomic E-state index is 12.0. The van der Waals surface area contributed by atoms with Crippen LogP contribution in [0.1, 0.15) is 31.1 Å². The highest BCUT2D eigenvalue weighted by Gasteiger charge is 2.16. The first-order valence-corrected chi connectivity index (χ1v) is 6.49. The topological polar surface area (TPSA) is 63.5 Å². The predicted octanol–water partition coefficient (Wildman–Crippen LogP) is 1.53. The van der Waals surface area contributed by atoms with Crippen molar-refractivity contribution in [2.45, 2.75) is 20.8 Å². The Morgan fingerprint density at radius 2 is 2.22 bits per heavy atom. The van der Waals surface area contributed by atoms with Gasteiger partial charge < -0.3 is 5.32 Å². The minimum absolute atomic E-state index is 0.0221. The van der Waals surface area contributed by atoms with E-state index >= 15 is 0 Å². The molecule has 1 N–H and O–H groups in total. The van der Waals surface area contributed by atoms with E-state index in [0.29, 0.717) is 11.5 Å². The highest BCUT2D eigenvalue weighted by Crippen LogP contribution is 2.10. The van der Waals surface area contributed by atoms with Crippen molar-refractivity contribution >= 4 is 22.2 Å². The lowest BCUT2D eigenvalue weighted by Gasteiger charge is -2.18. The fraction of sp³-hybridized carbons (Fsp3) is 0.417. The number of aromatic nitrogens is 2. The number of nitrogens with one attached hydrogen (secondary N) is 1. The minimum atomic E-state index is -0.372. The van der Waals surface area contributed by atoms with Crippen LogP contribution in [0.3, 0.4) is 0 Å². The second kappa shape index (κ2) is 4.53. The molecule has 0 aliphatic heterocycles. The molecule has 0 bridgehead atoms. The summed E-state index contributed by atoms with van der Waals surface area (Å²) in [6, 6.07) is 0. The standard InChI is InChI=1S/C12H15N3O2S/c1-12(2,3)7-14-9(16)8-6-13-11-15(10(8)17)4-5-18-11/h4-6H,7H2,1-3H3,(H,14,16). The van der Waals surface area contributed by atoms with E-state index in [-0.39, 0.29) is 22.4 Å². The molecule has 0 saturated heterocycles. The van der Waals surface area contributed by atoms with Gasteiger partial charge in [-0.1, -0.05) is 20.8 Å². The highest BCUT2D eigenvalue weighted by molar-refractivity contribution is 7.15. The smallest absolute Gasteiger partial charge is 0.271 e. The van der Waals surface area contributed by atoms with Crippen LogP contribution in [0, 0.1) is 5.41 Å². The third-order valence-electron chi connectivity index (χ3n) is 2.37. The summed E-state index contributed by atoms with van der Waals surface area (Å²) in [5.41, 5.74) is -0.269. The number of carbonyl (C=O) groups excluding carboxylic acids is 1. The highest BCUT2D eigenvalue weighted by atomic mass is 32.1. The molecular weight excluding hydrogens is 250 g/mol. The molecule has 2 aromatic rings. The number of amides is 1. The molecule has 18 heavy (non-hydrogen) atoms. The van der Waals surface area contributed by atoms with Gasteiger partial charge >= 0.3 is 0 Å². The Hall–Kier alpha value is -1.69. The molecule has 0 saturated carbocycles. The summed E-state index contributed by atoms with van der Waals surface area (Å²) in [7, 11) is 0. The van der Waals surface area contributed by atoms with Crippen molar-refractivity contribution in [1.29, 1.82) is 0 Å². The van der Waals surface area contributed by atoms with Crippen molar-refractivity contribution in [3.63, 3.8) is 0 Å². The molecule has 0 aliphatic rings. The van der Waals surface area contributed by atoms with Crippen LogP contribution < -0.4 is 10.9 Å².